The molecule has 1 aliphatic rings. The molecule has 1 saturated heterocycles. The van der Waals surface area contributed by atoms with Gasteiger partial charge in [0.1, 0.15) is 5.82 Å². The van der Waals surface area contributed by atoms with Crippen LogP contribution >= 0.6 is 0 Å². The van der Waals surface area contributed by atoms with Crippen LogP contribution in [0.5, 0.6) is 0 Å². The molecule has 5 nitrogen and oxygen atoms in total. The van der Waals surface area contributed by atoms with E-state index in [4.69, 9.17) is 10.5 Å². The molecule has 1 fully saturated rings. The normalized spacial score (nSPS) is 21.3. The molecule has 15 heavy (non-hydrogen) atoms. The Labute approximate surface area is 89.1 Å². The van der Waals surface area contributed by atoms with E-state index in [-0.39, 0.29) is 0 Å². The Hall–Kier alpha value is -1.36. The molecule has 82 valence electrons. The largest absolute Gasteiger partial charge is 0.384 e. The van der Waals surface area contributed by atoms with Crippen LogP contribution in [0.25, 0.3) is 0 Å². The number of nitrogens with one attached hydrogen (secondary N) is 1. The number of nitrogen functional groups attached to an aromatic ring is 1. The fourth-order valence-electron chi connectivity index (χ4n) is 1.69. The molecule has 0 saturated carbocycles. The number of hydrogen-bond acceptors (Lipinski definition) is 5. The molecule has 1 atom stereocenters. The second kappa shape index (κ2) is 4.44. The van der Waals surface area contributed by atoms with Crippen LogP contribution in [0.1, 0.15) is 18.5 Å². The molecule has 5 heteroatoms. The highest BCUT2D eigenvalue weighted by atomic mass is 16.5. The summed E-state index contributed by atoms with van der Waals surface area (Å²) < 4.78 is 5.37. The molecule has 0 aliphatic carbocycles. The first kappa shape index (κ1) is 10.2. The van der Waals surface area contributed by atoms with Gasteiger partial charge in [0.05, 0.1) is 12.6 Å². The van der Waals surface area contributed by atoms with E-state index in [2.05, 4.69) is 15.3 Å². The fraction of sp³-hybridized carbons (Fsp3) is 0.600. The lowest BCUT2D eigenvalue weighted by Gasteiger charge is -2.23. The summed E-state index contributed by atoms with van der Waals surface area (Å²) in [6.07, 6.45) is 2.18. The average Bonchev–Trinajstić information content (AvgIpc) is 2.17. The Morgan fingerprint density at radius 1 is 1.53 bits per heavy atom. The summed E-state index contributed by atoms with van der Waals surface area (Å²) in [4.78, 5) is 8.40. The zero-order valence-corrected chi connectivity index (χ0v) is 8.86. The quantitative estimate of drug-likeness (QED) is 0.757. The topological polar surface area (TPSA) is 73.1 Å². The fourth-order valence-corrected chi connectivity index (χ4v) is 1.69. The van der Waals surface area contributed by atoms with Gasteiger partial charge in [-0.15, -0.1) is 0 Å². The third-order valence-corrected chi connectivity index (χ3v) is 2.37. The minimum Gasteiger partial charge on any atom is -0.384 e. The van der Waals surface area contributed by atoms with Crippen molar-refractivity contribution < 1.29 is 4.74 Å². The number of hydrogen-bond donors (Lipinski definition) is 2. The van der Waals surface area contributed by atoms with Gasteiger partial charge in [-0.1, -0.05) is 0 Å². The molecule has 1 aliphatic heterocycles. The highest BCUT2D eigenvalue weighted by Gasteiger charge is 2.14. The molecule has 0 radical (unpaired) electrons. The predicted molar refractivity (Wildman–Crippen MR) is 58.6 cm³/mol. The summed E-state index contributed by atoms with van der Waals surface area (Å²) in [7, 11) is 0. The van der Waals surface area contributed by atoms with Gasteiger partial charge in [-0.25, -0.2) is 4.98 Å². The lowest BCUT2D eigenvalue weighted by atomic mass is 10.1. The maximum absolute atomic E-state index is 5.64. The summed E-state index contributed by atoms with van der Waals surface area (Å²) in [5, 5.41) is 3.24. The Kier molecular flexibility index (Phi) is 3.01. The second-order valence-electron chi connectivity index (χ2n) is 3.82. The minimum atomic E-state index is 0.306. The van der Waals surface area contributed by atoms with Crippen LogP contribution in [0.2, 0.25) is 0 Å². The molecule has 2 rings (SSSR count). The number of nitrogens with zero attached hydrogens (tertiary/aromatic N) is 2. The van der Waals surface area contributed by atoms with E-state index < -0.39 is 0 Å². The van der Waals surface area contributed by atoms with Crippen molar-refractivity contribution in [2.75, 3.05) is 24.3 Å². The van der Waals surface area contributed by atoms with Crippen LogP contribution in [0.15, 0.2) is 6.07 Å². The molecule has 0 aromatic carbocycles. The molecule has 2 heterocycles. The van der Waals surface area contributed by atoms with Crippen molar-refractivity contribution in [3.8, 4) is 0 Å². The first-order chi connectivity index (χ1) is 7.24. The highest BCUT2D eigenvalue weighted by Crippen LogP contribution is 2.12. The van der Waals surface area contributed by atoms with E-state index in [1.807, 2.05) is 6.92 Å². The van der Waals surface area contributed by atoms with E-state index in [1.54, 1.807) is 6.07 Å². The first-order valence-electron chi connectivity index (χ1n) is 5.19. The van der Waals surface area contributed by atoms with Crippen LogP contribution in [0.4, 0.5) is 11.8 Å². The standard InChI is InChI=1S/C10H16N4O/c1-7-5-9(11)14-10(12-7)13-8-3-2-4-15-6-8/h5,8H,2-4,6H2,1H3,(H3,11,12,13,14). The molecule has 1 unspecified atom stereocenters. The zero-order chi connectivity index (χ0) is 10.7. The Morgan fingerprint density at radius 3 is 3.07 bits per heavy atom. The van der Waals surface area contributed by atoms with Crippen molar-refractivity contribution in [3.05, 3.63) is 11.8 Å². The molecule has 0 spiro atoms. The third-order valence-electron chi connectivity index (χ3n) is 2.37. The zero-order valence-electron chi connectivity index (χ0n) is 8.86. The average molecular weight is 208 g/mol. The lowest BCUT2D eigenvalue weighted by molar-refractivity contribution is 0.0874. The van der Waals surface area contributed by atoms with E-state index in [0.29, 0.717) is 17.8 Å². The Balaban J connectivity index is 2.02. The summed E-state index contributed by atoms with van der Waals surface area (Å²) in [6.45, 7) is 3.48. The Morgan fingerprint density at radius 2 is 2.40 bits per heavy atom. The van der Waals surface area contributed by atoms with E-state index >= 15 is 0 Å². The van der Waals surface area contributed by atoms with Crippen LogP contribution < -0.4 is 11.1 Å². The number of anilines is 2. The van der Waals surface area contributed by atoms with E-state index in [0.717, 1.165) is 31.7 Å². The minimum absolute atomic E-state index is 0.306. The van der Waals surface area contributed by atoms with E-state index in [1.165, 1.54) is 0 Å². The third kappa shape index (κ3) is 2.79. The van der Waals surface area contributed by atoms with Gasteiger partial charge in [-0.3, -0.25) is 0 Å². The lowest BCUT2D eigenvalue weighted by Crippen LogP contribution is -2.30. The number of rotatable bonds is 2. The van der Waals surface area contributed by atoms with Crippen molar-refractivity contribution >= 4 is 11.8 Å². The van der Waals surface area contributed by atoms with Crippen LogP contribution in [-0.4, -0.2) is 29.2 Å². The number of nitrogens with two attached hydrogens (primary N) is 1. The van der Waals surface area contributed by atoms with Gasteiger partial charge in [-0.2, -0.15) is 4.98 Å². The molecule has 1 aromatic heterocycles. The van der Waals surface area contributed by atoms with Crippen LogP contribution in [-0.2, 0) is 4.74 Å². The van der Waals surface area contributed by atoms with E-state index in [9.17, 15) is 0 Å². The van der Waals surface area contributed by atoms with Gasteiger partial charge >= 0.3 is 0 Å². The van der Waals surface area contributed by atoms with Crippen molar-refractivity contribution in [2.24, 2.45) is 0 Å². The van der Waals surface area contributed by atoms with Gasteiger partial charge in [-0.05, 0) is 19.8 Å². The van der Waals surface area contributed by atoms with Crippen molar-refractivity contribution in [3.63, 3.8) is 0 Å². The number of aromatic nitrogens is 2. The maximum Gasteiger partial charge on any atom is 0.225 e. The van der Waals surface area contributed by atoms with Gasteiger partial charge in [0, 0.05) is 18.4 Å². The summed E-state index contributed by atoms with van der Waals surface area (Å²) in [5.41, 5.74) is 6.52. The second-order valence-corrected chi connectivity index (χ2v) is 3.82. The van der Waals surface area contributed by atoms with Crippen molar-refractivity contribution in [2.45, 2.75) is 25.8 Å². The number of ether oxygens (including phenoxy) is 1. The first-order valence-corrected chi connectivity index (χ1v) is 5.19. The van der Waals surface area contributed by atoms with Gasteiger partial charge in [0.15, 0.2) is 0 Å². The smallest absolute Gasteiger partial charge is 0.225 e. The molecule has 1 aromatic rings. The number of aryl methyl sites for hydroxylation is 1. The monoisotopic (exact) mass is 208 g/mol. The van der Waals surface area contributed by atoms with Crippen molar-refractivity contribution in [1.82, 2.24) is 9.97 Å². The van der Waals surface area contributed by atoms with Crippen molar-refractivity contribution in [1.29, 1.82) is 0 Å². The van der Waals surface area contributed by atoms with Gasteiger partial charge in [0.2, 0.25) is 5.95 Å². The van der Waals surface area contributed by atoms with Crippen LogP contribution in [0, 0.1) is 6.92 Å². The summed E-state index contributed by atoms with van der Waals surface area (Å²) in [5.74, 6) is 1.10. The van der Waals surface area contributed by atoms with Gasteiger partial charge < -0.3 is 15.8 Å². The Bertz CT molecular complexity index is 316. The summed E-state index contributed by atoms with van der Waals surface area (Å²) in [6, 6.07) is 2.06. The molecule has 0 amide bonds. The predicted octanol–water partition coefficient (Wildman–Crippen LogP) is 0.958. The molecule has 3 N–H and O–H groups in total. The maximum atomic E-state index is 5.64. The molecular formula is C10H16N4O. The summed E-state index contributed by atoms with van der Waals surface area (Å²) >= 11 is 0. The molecule has 0 bridgehead atoms. The molecular weight excluding hydrogens is 192 g/mol. The SMILES string of the molecule is Cc1cc(N)nc(NC2CCCOC2)n1. The van der Waals surface area contributed by atoms with Crippen LogP contribution in [0.3, 0.4) is 0 Å². The highest BCUT2D eigenvalue weighted by molar-refractivity contribution is 5.38. The van der Waals surface area contributed by atoms with Gasteiger partial charge in [0.25, 0.3) is 0 Å².